The third-order valence-corrected chi connectivity index (χ3v) is 4.49. The number of sulfone groups is 1. The quantitative estimate of drug-likeness (QED) is 0.656. The smallest absolute Gasteiger partial charge is 0.208 e. The van der Waals surface area contributed by atoms with E-state index in [1.54, 1.807) is 42.5 Å². The van der Waals surface area contributed by atoms with Gasteiger partial charge in [0.25, 0.3) is 0 Å². The van der Waals surface area contributed by atoms with Gasteiger partial charge in [0.2, 0.25) is 9.84 Å². The lowest BCUT2D eigenvalue weighted by atomic mass is 10.2. The molecule has 18 heavy (non-hydrogen) atoms. The maximum atomic E-state index is 12.4. The second kappa shape index (κ2) is 4.80. The van der Waals surface area contributed by atoms with E-state index in [0.29, 0.717) is 5.69 Å². The molecule has 0 fully saturated rings. The Hall–Kier alpha value is -1.85. The Morgan fingerprint density at radius 2 is 1.61 bits per heavy atom. The van der Waals surface area contributed by atoms with Crippen molar-refractivity contribution in [3.8, 4) is 0 Å². The van der Waals surface area contributed by atoms with E-state index >= 15 is 0 Å². The van der Waals surface area contributed by atoms with Crippen molar-refractivity contribution in [2.24, 2.45) is 5.84 Å². The van der Waals surface area contributed by atoms with Crippen molar-refractivity contribution in [2.75, 3.05) is 5.43 Å². The monoisotopic (exact) mass is 262 g/mol. The SMILES string of the molecule is Cc1ccc(S(=O)(=O)c2ccccc2NN)cc1. The summed E-state index contributed by atoms with van der Waals surface area (Å²) in [5.41, 5.74) is 3.80. The molecular weight excluding hydrogens is 248 g/mol. The number of para-hydroxylation sites is 1. The molecule has 0 atom stereocenters. The van der Waals surface area contributed by atoms with Crippen LogP contribution in [0.25, 0.3) is 0 Å². The Morgan fingerprint density at radius 1 is 1.00 bits per heavy atom. The summed E-state index contributed by atoms with van der Waals surface area (Å²) >= 11 is 0. The lowest BCUT2D eigenvalue weighted by Crippen LogP contribution is -2.12. The van der Waals surface area contributed by atoms with Gasteiger partial charge in [-0.25, -0.2) is 8.42 Å². The van der Waals surface area contributed by atoms with Gasteiger partial charge in [-0.3, -0.25) is 5.84 Å². The zero-order chi connectivity index (χ0) is 13.2. The van der Waals surface area contributed by atoms with Crippen LogP contribution < -0.4 is 11.3 Å². The molecule has 5 heteroatoms. The fourth-order valence-electron chi connectivity index (χ4n) is 1.66. The molecule has 0 radical (unpaired) electrons. The molecule has 4 nitrogen and oxygen atoms in total. The van der Waals surface area contributed by atoms with Crippen molar-refractivity contribution in [1.82, 2.24) is 0 Å². The van der Waals surface area contributed by atoms with Gasteiger partial charge in [0.05, 0.1) is 15.5 Å². The first-order valence-corrected chi connectivity index (χ1v) is 6.91. The van der Waals surface area contributed by atoms with Crippen molar-refractivity contribution in [3.05, 3.63) is 54.1 Å². The van der Waals surface area contributed by atoms with E-state index in [-0.39, 0.29) is 9.79 Å². The molecule has 0 heterocycles. The lowest BCUT2D eigenvalue weighted by molar-refractivity contribution is 0.596. The molecule has 2 rings (SSSR count). The summed E-state index contributed by atoms with van der Waals surface area (Å²) in [7, 11) is -3.54. The summed E-state index contributed by atoms with van der Waals surface area (Å²) in [5, 5.41) is 0. The number of benzene rings is 2. The highest BCUT2D eigenvalue weighted by molar-refractivity contribution is 7.91. The summed E-state index contributed by atoms with van der Waals surface area (Å²) in [4.78, 5) is 0.437. The molecule has 0 amide bonds. The van der Waals surface area contributed by atoms with Crippen molar-refractivity contribution >= 4 is 15.5 Å². The number of anilines is 1. The molecule has 0 bridgehead atoms. The molecule has 0 saturated carbocycles. The van der Waals surface area contributed by atoms with E-state index in [2.05, 4.69) is 5.43 Å². The predicted octanol–water partition coefficient (Wildman–Crippen LogP) is 2.11. The molecule has 3 N–H and O–H groups in total. The van der Waals surface area contributed by atoms with Crippen LogP contribution >= 0.6 is 0 Å². The minimum Gasteiger partial charge on any atom is -0.323 e. The van der Waals surface area contributed by atoms with E-state index < -0.39 is 9.84 Å². The number of rotatable bonds is 3. The van der Waals surface area contributed by atoms with Gasteiger partial charge >= 0.3 is 0 Å². The van der Waals surface area contributed by atoms with Gasteiger partial charge in [-0.2, -0.15) is 0 Å². The number of hydrogen-bond acceptors (Lipinski definition) is 4. The van der Waals surface area contributed by atoms with Crippen LogP contribution in [0.2, 0.25) is 0 Å². The maximum Gasteiger partial charge on any atom is 0.208 e. The van der Waals surface area contributed by atoms with Crippen molar-refractivity contribution in [3.63, 3.8) is 0 Å². The Kier molecular flexibility index (Phi) is 3.36. The van der Waals surface area contributed by atoms with Gasteiger partial charge in [-0.15, -0.1) is 0 Å². The number of hydrazine groups is 1. The second-order valence-corrected chi connectivity index (χ2v) is 5.88. The topological polar surface area (TPSA) is 72.2 Å². The first-order valence-electron chi connectivity index (χ1n) is 5.43. The molecule has 2 aromatic carbocycles. The summed E-state index contributed by atoms with van der Waals surface area (Å²) in [6, 6.07) is 13.3. The normalized spacial score (nSPS) is 11.2. The van der Waals surface area contributed by atoms with Crippen molar-refractivity contribution < 1.29 is 8.42 Å². The first-order chi connectivity index (χ1) is 8.55. The molecule has 0 unspecified atom stereocenters. The second-order valence-electron chi connectivity index (χ2n) is 3.96. The summed E-state index contributed by atoms with van der Waals surface area (Å²) < 4.78 is 24.9. The zero-order valence-electron chi connectivity index (χ0n) is 9.92. The number of hydrogen-bond donors (Lipinski definition) is 2. The zero-order valence-corrected chi connectivity index (χ0v) is 10.7. The number of nitrogens with two attached hydrogens (primary N) is 1. The molecule has 0 aliphatic carbocycles. The van der Waals surface area contributed by atoms with E-state index in [1.807, 2.05) is 6.92 Å². The molecule has 94 valence electrons. The van der Waals surface area contributed by atoms with Crippen LogP contribution in [0.3, 0.4) is 0 Å². The van der Waals surface area contributed by atoms with Gasteiger partial charge in [-0.1, -0.05) is 29.8 Å². The van der Waals surface area contributed by atoms with Crippen LogP contribution in [-0.2, 0) is 9.84 Å². The minimum absolute atomic E-state index is 0.177. The average molecular weight is 262 g/mol. The highest BCUT2D eigenvalue weighted by atomic mass is 32.2. The summed E-state index contributed by atoms with van der Waals surface area (Å²) in [5.74, 6) is 5.34. The molecule has 2 aromatic rings. The Bertz CT molecular complexity index is 649. The largest absolute Gasteiger partial charge is 0.323 e. The van der Waals surface area contributed by atoms with Gasteiger partial charge in [0, 0.05) is 0 Å². The average Bonchev–Trinajstić information content (AvgIpc) is 2.39. The molecule has 0 aromatic heterocycles. The van der Waals surface area contributed by atoms with Crippen LogP contribution in [0.1, 0.15) is 5.56 Å². The fourth-order valence-corrected chi connectivity index (χ4v) is 3.09. The van der Waals surface area contributed by atoms with Crippen LogP contribution in [-0.4, -0.2) is 8.42 Å². The highest BCUT2D eigenvalue weighted by Crippen LogP contribution is 2.26. The van der Waals surface area contributed by atoms with Gasteiger partial charge in [-0.05, 0) is 31.2 Å². The van der Waals surface area contributed by atoms with Crippen LogP contribution in [0.4, 0.5) is 5.69 Å². The number of aryl methyl sites for hydroxylation is 1. The molecule has 0 spiro atoms. The van der Waals surface area contributed by atoms with Crippen LogP contribution in [0.5, 0.6) is 0 Å². The summed E-state index contributed by atoms with van der Waals surface area (Å²) in [6.07, 6.45) is 0. The van der Waals surface area contributed by atoms with E-state index in [1.165, 1.54) is 6.07 Å². The van der Waals surface area contributed by atoms with Gasteiger partial charge in [0.15, 0.2) is 0 Å². The molecule has 0 saturated heterocycles. The highest BCUT2D eigenvalue weighted by Gasteiger charge is 2.20. The minimum atomic E-state index is -3.54. The maximum absolute atomic E-state index is 12.4. The third kappa shape index (κ3) is 2.23. The standard InChI is InChI=1S/C13H14N2O2S/c1-10-6-8-11(9-7-10)18(16,17)13-5-3-2-4-12(13)15-14/h2-9,15H,14H2,1H3. The Morgan fingerprint density at radius 3 is 2.22 bits per heavy atom. The third-order valence-electron chi connectivity index (χ3n) is 2.66. The number of nitrogen functional groups attached to an aromatic ring is 1. The van der Waals surface area contributed by atoms with Crippen LogP contribution in [0, 0.1) is 6.92 Å². The predicted molar refractivity (Wildman–Crippen MR) is 70.9 cm³/mol. The van der Waals surface area contributed by atoms with Crippen molar-refractivity contribution in [1.29, 1.82) is 0 Å². The Balaban J connectivity index is 2.58. The fraction of sp³-hybridized carbons (Fsp3) is 0.0769. The number of nitrogens with one attached hydrogen (secondary N) is 1. The van der Waals surface area contributed by atoms with E-state index in [4.69, 9.17) is 5.84 Å². The van der Waals surface area contributed by atoms with Gasteiger partial charge < -0.3 is 5.43 Å². The lowest BCUT2D eigenvalue weighted by Gasteiger charge is -2.09. The van der Waals surface area contributed by atoms with Gasteiger partial charge in [0.1, 0.15) is 0 Å². The summed E-state index contributed by atoms with van der Waals surface area (Å²) in [6.45, 7) is 1.91. The Labute approximate surface area is 106 Å². The molecule has 0 aliphatic heterocycles. The van der Waals surface area contributed by atoms with E-state index in [9.17, 15) is 8.42 Å². The van der Waals surface area contributed by atoms with Crippen molar-refractivity contribution in [2.45, 2.75) is 16.7 Å². The molecular formula is C13H14N2O2S. The first kappa shape index (κ1) is 12.6. The molecule has 0 aliphatic rings. The van der Waals surface area contributed by atoms with E-state index in [0.717, 1.165) is 5.56 Å². The van der Waals surface area contributed by atoms with Crippen LogP contribution in [0.15, 0.2) is 58.3 Å².